The summed E-state index contributed by atoms with van der Waals surface area (Å²) < 4.78 is 59.2. The SMILES string of the molecule is O=c1[nH]c(=O)n([C@@H]2O[C@H](COP(=O)(Cl)Cl)[C@H](O)[C@@H]2O)cc1C(F)(F)F. The van der Waals surface area contributed by atoms with Crippen molar-refractivity contribution in [3.8, 4) is 0 Å². The lowest BCUT2D eigenvalue weighted by molar-refractivity contribution is -0.140. The molecule has 25 heavy (non-hydrogen) atoms. The molecule has 1 aromatic heterocycles. The molecule has 0 aromatic carbocycles. The van der Waals surface area contributed by atoms with Gasteiger partial charge >= 0.3 is 17.9 Å². The predicted octanol–water partition coefficient (Wildman–Crippen LogP) is 0.777. The lowest BCUT2D eigenvalue weighted by Gasteiger charge is -2.18. The van der Waals surface area contributed by atoms with Gasteiger partial charge in [0, 0.05) is 6.20 Å². The molecule has 9 nitrogen and oxygen atoms in total. The molecular weight excluding hydrogens is 419 g/mol. The van der Waals surface area contributed by atoms with Gasteiger partial charge in [0.15, 0.2) is 6.23 Å². The standard InChI is InChI=1S/C10H10Cl2F3N2O7P/c11-25(12,22)23-2-4-5(18)6(19)8(24-4)17-1-3(10(13,14)15)7(20)16-9(17)21/h1,4-6,8,18-19H,2H2,(H,16,20,21)/t4-,5+,6+,8-/m1/s1. The van der Waals surface area contributed by atoms with E-state index in [1.54, 1.807) is 0 Å². The molecule has 142 valence electrons. The molecule has 0 bridgehead atoms. The molecule has 0 unspecified atom stereocenters. The van der Waals surface area contributed by atoms with Crippen LogP contribution in [0.4, 0.5) is 13.2 Å². The fourth-order valence-corrected chi connectivity index (χ4v) is 2.79. The quantitative estimate of drug-likeness (QED) is 0.603. The first-order valence-corrected chi connectivity index (χ1v) is 9.83. The van der Waals surface area contributed by atoms with Gasteiger partial charge in [-0.1, -0.05) is 0 Å². The first-order chi connectivity index (χ1) is 11.3. The number of ether oxygens (including phenoxy) is 1. The van der Waals surface area contributed by atoms with Gasteiger partial charge in [0.05, 0.1) is 6.61 Å². The second-order valence-corrected chi connectivity index (χ2v) is 9.24. The number of nitrogens with zero attached hydrogens (tertiary/aromatic N) is 1. The average Bonchev–Trinajstić information content (AvgIpc) is 2.71. The molecule has 1 aliphatic heterocycles. The van der Waals surface area contributed by atoms with Gasteiger partial charge in [0.25, 0.3) is 5.56 Å². The lowest BCUT2D eigenvalue weighted by atomic mass is 10.1. The lowest BCUT2D eigenvalue weighted by Crippen LogP contribution is -2.40. The van der Waals surface area contributed by atoms with Crippen LogP contribution >= 0.6 is 28.6 Å². The molecule has 2 heterocycles. The second kappa shape index (κ2) is 7.03. The molecule has 0 spiro atoms. The molecule has 4 atom stereocenters. The number of aliphatic hydroxyl groups is 2. The van der Waals surface area contributed by atoms with Crippen LogP contribution in [0, 0.1) is 0 Å². The van der Waals surface area contributed by atoms with Crippen LogP contribution in [0.25, 0.3) is 0 Å². The maximum absolute atomic E-state index is 12.8. The van der Waals surface area contributed by atoms with Crippen molar-refractivity contribution in [3.05, 3.63) is 32.6 Å². The number of aliphatic hydroxyl groups excluding tert-OH is 2. The van der Waals surface area contributed by atoms with Gasteiger partial charge in [-0.25, -0.2) is 4.79 Å². The Hall–Kier alpha value is -0.880. The van der Waals surface area contributed by atoms with E-state index in [0.717, 1.165) is 0 Å². The van der Waals surface area contributed by atoms with Crippen LogP contribution < -0.4 is 11.2 Å². The third kappa shape index (κ3) is 4.64. The maximum atomic E-state index is 12.8. The Bertz CT molecular complexity index is 807. The number of rotatable bonds is 4. The number of halogens is 5. The first kappa shape index (κ1) is 20.4. The molecule has 15 heteroatoms. The van der Waals surface area contributed by atoms with Crippen LogP contribution in [0.2, 0.25) is 0 Å². The highest BCUT2D eigenvalue weighted by Crippen LogP contribution is 2.57. The van der Waals surface area contributed by atoms with Gasteiger partial charge in [-0.05, 0) is 22.5 Å². The van der Waals surface area contributed by atoms with Crippen molar-refractivity contribution in [2.75, 3.05) is 6.61 Å². The summed E-state index contributed by atoms with van der Waals surface area (Å²) in [5.74, 6) is 0. The fraction of sp³-hybridized carbons (Fsp3) is 0.600. The molecule has 0 aliphatic carbocycles. The van der Waals surface area contributed by atoms with Gasteiger partial charge in [-0.3, -0.25) is 18.9 Å². The van der Waals surface area contributed by atoms with E-state index < -0.39 is 60.2 Å². The van der Waals surface area contributed by atoms with E-state index in [9.17, 15) is 37.5 Å². The van der Waals surface area contributed by atoms with Gasteiger partial charge in [0.1, 0.15) is 23.9 Å². The number of alkyl halides is 3. The normalized spacial score (nSPS) is 27.6. The number of nitrogens with one attached hydrogen (secondary N) is 1. The van der Waals surface area contributed by atoms with Crippen molar-refractivity contribution >= 4 is 28.6 Å². The van der Waals surface area contributed by atoms with Crippen molar-refractivity contribution in [2.45, 2.75) is 30.7 Å². The van der Waals surface area contributed by atoms with Gasteiger partial charge in [-0.15, -0.1) is 0 Å². The minimum absolute atomic E-state index is 0.152. The van der Waals surface area contributed by atoms with Gasteiger partial charge < -0.3 is 19.5 Å². The highest BCUT2D eigenvalue weighted by molar-refractivity contribution is 8.05. The Kier molecular flexibility index (Phi) is 5.74. The van der Waals surface area contributed by atoms with E-state index in [1.807, 2.05) is 0 Å². The van der Waals surface area contributed by atoms with E-state index >= 15 is 0 Å². The number of hydrogen-bond donors (Lipinski definition) is 3. The molecule has 1 aromatic rings. The van der Waals surface area contributed by atoms with Crippen LogP contribution in [0.5, 0.6) is 0 Å². The Morgan fingerprint density at radius 1 is 1.32 bits per heavy atom. The Morgan fingerprint density at radius 3 is 2.44 bits per heavy atom. The van der Waals surface area contributed by atoms with Crippen LogP contribution in [-0.4, -0.2) is 44.7 Å². The van der Waals surface area contributed by atoms with Crippen molar-refractivity contribution in [2.24, 2.45) is 0 Å². The van der Waals surface area contributed by atoms with Gasteiger partial charge in [0.2, 0.25) is 0 Å². The van der Waals surface area contributed by atoms with Crippen molar-refractivity contribution < 1.29 is 37.2 Å². The summed E-state index contributed by atoms with van der Waals surface area (Å²) in [6, 6.07) is 0. The summed E-state index contributed by atoms with van der Waals surface area (Å²) in [4.78, 5) is 24.4. The van der Waals surface area contributed by atoms with Crippen molar-refractivity contribution in [3.63, 3.8) is 0 Å². The third-order valence-corrected chi connectivity index (χ3v) is 4.31. The van der Waals surface area contributed by atoms with E-state index in [-0.39, 0.29) is 10.8 Å². The van der Waals surface area contributed by atoms with Crippen LogP contribution in [0.1, 0.15) is 11.8 Å². The smallest absolute Gasteiger partial charge is 0.387 e. The van der Waals surface area contributed by atoms with Gasteiger partial charge in [-0.2, -0.15) is 13.2 Å². The molecule has 3 N–H and O–H groups in total. The number of H-pyrrole nitrogens is 1. The molecule has 1 aliphatic rings. The van der Waals surface area contributed by atoms with Crippen LogP contribution in [0.3, 0.4) is 0 Å². The largest absolute Gasteiger partial charge is 0.423 e. The first-order valence-electron chi connectivity index (χ1n) is 6.39. The Balaban J connectivity index is 2.34. The molecule has 1 saturated heterocycles. The summed E-state index contributed by atoms with van der Waals surface area (Å²) in [6.07, 6.45) is -15.7. The Labute approximate surface area is 145 Å². The molecule has 0 amide bonds. The summed E-state index contributed by atoms with van der Waals surface area (Å²) in [7, 11) is 0. The zero-order chi connectivity index (χ0) is 19.2. The molecule has 2 rings (SSSR count). The number of aromatic nitrogens is 2. The van der Waals surface area contributed by atoms with Crippen LogP contribution in [-0.2, 0) is 20.0 Å². The summed E-state index contributed by atoms with van der Waals surface area (Å²) in [5.41, 5.74) is -4.69. The third-order valence-electron chi connectivity index (χ3n) is 3.27. The van der Waals surface area contributed by atoms with Crippen LogP contribution in [0.15, 0.2) is 15.8 Å². The second-order valence-electron chi connectivity index (χ2n) is 4.96. The van der Waals surface area contributed by atoms with Crippen molar-refractivity contribution in [1.82, 2.24) is 9.55 Å². The monoisotopic (exact) mass is 428 g/mol. The molecule has 0 saturated carbocycles. The van der Waals surface area contributed by atoms with E-state index in [4.69, 9.17) is 27.2 Å². The maximum Gasteiger partial charge on any atom is 0.423 e. The predicted molar refractivity (Wildman–Crippen MR) is 77.5 cm³/mol. The summed E-state index contributed by atoms with van der Waals surface area (Å²) in [5, 5.41) is 19.7. The molecular formula is C10H10Cl2F3N2O7P. The van der Waals surface area contributed by atoms with Crippen molar-refractivity contribution in [1.29, 1.82) is 0 Å². The highest BCUT2D eigenvalue weighted by Gasteiger charge is 2.46. The zero-order valence-electron chi connectivity index (χ0n) is 11.8. The fourth-order valence-electron chi connectivity index (χ4n) is 2.13. The minimum Gasteiger partial charge on any atom is -0.387 e. The topological polar surface area (TPSA) is 131 Å². The number of hydrogen-bond acceptors (Lipinski definition) is 7. The van der Waals surface area contributed by atoms with E-state index in [1.165, 1.54) is 4.98 Å². The minimum atomic E-state index is -5.07. The van der Waals surface area contributed by atoms with E-state index in [0.29, 0.717) is 0 Å². The average molecular weight is 429 g/mol. The highest BCUT2D eigenvalue weighted by atomic mass is 35.9. The summed E-state index contributed by atoms with van der Waals surface area (Å²) >= 11 is 10.3. The molecule has 1 fully saturated rings. The number of aromatic amines is 1. The van der Waals surface area contributed by atoms with E-state index in [2.05, 4.69) is 4.52 Å². The Morgan fingerprint density at radius 2 is 1.92 bits per heavy atom. The molecule has 0 radical (unpaired) electrons. The summed E-state index contributed by atoms with van der Waals surface area (Å²) in [6.45, 7) is -0.677. The zero-order valence-corrected chi connectivity index (χ0v) is 14.2.